The first-order valence-electron chi connectivity index (χ1n) is 5.83. The normalized spacial score (nSPS) is 18.9. The number of hydrogen-bond acceptors (Lipinski definition) is 2. The van der Waals surface area contributed by atoms with Crippen LogP contribution in [0.3, 0.4) is 0 Å². The largest absolute Gasteiger partial charge is 0.508 e. The Kier molecular flexibility index (Phi) is 2.52. The average molecular weight is 246 g/mol. The predicted molar refractivity (Wildman–Crippen MR) is 68.8 cm³/mol. The second-order valence-electron chi connectivity index (χ2n) is 4.43. The molecule has 1 aliphatic rings. The lowest BCUT2D eigenvalue weighted by atomic mass is 9.87. The summed E-state index contributed by atoms with van der Waals surface area (Å²) < 4.78 is 2.82. The van der Waals surface area contributed by atoms with Crippen molar-refractivity contribution in [2.24, 2.45) is 0 Å². The van der Waals surface area contributed by atoms with Crippen LogP contribution in [0, 0.1) is 4.77 Å². The van der Waals surface area contributed by atoms with Gasteiger partial charge in [0, 0.05) is 12.4 Å². The van der Waals surface area contributed by atoms with Gasteiger partial charge in [-0.05, 0) is 48.7 Å². The maximum Gasteiger partial charge on any atom is 0.177 e. The van der Waals surface area contributed by atoms with E-state index in [2.05, 4.69) is 15.6 Å². The monoisotopic (exact) mass is 246 g/mol. The fraction of sp³-hybridized carbons (Fsp3) is 0.308. The number of nitrogens with one attached hydrogen (secondary N) is 1. The van der Waals surface area contributed by atoms with Crippen LogP contribution in [-0.4, -0.2) is 14.7 Å². The van der Waals surface area contributed by atoms with Gasteiger partial charge in [-0.25, -0.2) is 0 Å². The van der Waals surface area contributed by atoms with Crippen molar-refractivity contribution < 1.29 is 5.11 Å². The van der Waals surface area contributed by atoms with Crippen molar-refractivity contribution >= 4 is 12.2 Å². The van der Waals surface area contributed by atoms with E-state index < -0.39 is 0 Å². The van der Waals surface area contributed by atoms with Crippen LogP contribution < -0.4 is 0 Å². The zero-order valence-corrected chi connectivity index (χ0v) is 10.2. The van der Waals surface area contributed by atoms with Crippen LogP contribution in [0.15, 0.2) is 30.6 Å². The molecule has 0 radical (unpaired) electrons. The summed E-state index contributed by atoms with van der Waals surface area (Å²) in [6.45, 7) is 0. The van der Waals surface area contributed by atoms with Crippen LogP contribution in [0.2, 0.25) is 0 Å². The van der Waals surface area contributed by atoms with Gasteiger partial charge >= 0.3 is 0 Å². The summed E-state index contributed by atoms with van der Waals surface area (Å²) in [5.41, 5.74) is 2.28. The molecule has 2 aromatic rings. The second-order valence-corrected chi connectivity index (χ2v) is 4.81. The van der Waals surface area contributed by atoms with E-state index in [0.29, 0.717) is 5.75 Å². The Labute approximate surface area is 105 Å². The first-order valence-corrected chi connectivity index (χ1v) is 6.24. The van der Waals surface area contributed by atoms with Gasteiger partial charge in [-0.1, -0.05) is 12.1 Å². The lowest BCUT2D eigenvalue weighted by Crippen LogP contribution is -2.16. The zero-order chi connectivity index (χ0) is 11.8. The van der Waals surface area contributed by atoms with Gasteiger partial charge in [-0.15, -0.1) is 0 Å². The van der Waals surface area contributed by atoms with Gasteiger partial charge in [0.1, 0.15) is 5.75 Å². The number of aromatic amines is 1. The highest BCUT2D eigenvalue weighted by atomic mass is 32.1. The van der Waals surface area contributed by atoms with Gasteiger partial charge in [0.2, 0.25) is 0 Å². The Bertz CT molecular complexity index is 599. The first kappa shape index (κ1) is 10.6. The summed E-state index contributed by atoms with van der Waals surface area (Å²) in [4.78, 5) is 3.03. The molecule has 0 spiro atoms. The first-order chi connectivity index (χ1) is 8.27. The van der Waals surface area contributed by atoms with E-state index in [4.69, 9.17) is 12.2 Å². The molecule has 88 valence electrons. The molecule has 3 rings (SSSR count). The quantitative estimate of drug-likeness (QED) is 0.759. The summed E-state index contributed by atoms with van der Waals surface area (Å²) >= 11 is 5.27. The lowest BCUT2D eigenvalue weighted by molar-refractivity contribution is 0.440. The van der Waals surface area contributed by atoms with Crippen LogP contribution >= 0.6 is 12.2 Å². The summed E-state index contributed by atoms with van der Waals surface area (Å²) in [7, 11) is 0. The summed E-state index contributed by atoms with van der Waals surface area (Å²) in [5, 5.41) is 9.90. The molecule has 0 bridgehead atoms. The number of rotatable bonds is 1. The van der Waals surface area contributed by atoms with Crippen LogP contribution in [0.25, 0.3) is 0 Å². The summed E-state index contributed by atoms with van der Waals surface area (Å²) in [6, 6.07) is 6.01. The van der Waals surface area contributed by atoms with Gasteiger partial charge in [-0.3, -0.25) is 0 Å². The molecule has 1 unspecified atom stereocenters. The Morgan fingerprint density at radius 3 is 3.06 bits per heavy atom. The molecule has 1 aliphatic carbocycles. The molecule has 0 amide bonds. The molecule has 3 nitrogen and oxygen atoms in total. The second kappa shape index (κ2) is 4.04. The topological polar surface area (TPSA) is 41.0 Å². The molecule has 0 saturated heterocycles. The number of aromatic hydroxyl groups is 1. The van der Waals surface area contributed by atoms with E-state index in [1.807, 2.05) is 18.5 Å². The van der Waals surface area contributed by atoms with E-state index in [0.717, 1.165) is 29.6 Å². The predicted octanol–water partition coefficient (Wildman–Crippen LogP) is 3.18. The third-order valence-corrected chi connectivity index (χ3v) is 3.79. The molecule has 17 heavy (non-hydrogen) atoms. The molecule has 1 aromatic heterocycles. The maximum absolute atomic E-state index is 9.90. The number of phenols is 1. The van der Waals surface area contributed by atoms with Gasteiger partial charge < -0.3 is 14.7 Å². The SMILES string of the molecule is Oc1cccc2c1CCCC2n1cc[nH]c1=S. The van der Waals surface area contributed by atoms with Crippen molar-refractivity contribution in [1.29, 1.82) is 0 Å². The van der Waals surface area contributed by atoms with Crippen molar-refractivity contribution in [2.45, 2.75) is 25.3 Å². The maximum atomic E-state index is 9.90. The molecule has 1 heterocycles. The van der Waals surface area contributed by atoms with Gasteiger partial charge in [0.25, 0.3) is 0 Å². The molecule has 1 aromatic carbocycles. The van der Waals surface area contributed by atoms with E-state index in [1.165, 1.54) is 5.56 Å². The average Bonchev–Trinajstić information content (AvgIpc) is 2.75. The smallest absolute Gasteiger partial charge is 0.177 e. The van der Waals surface area contributed by atoms with Crippen LogP contribution in [0.4, 0.5) is 0 Å². The molecule has 1 atom stereocenters. The number of benzene rings is 1. The zero-order valence-electron chi connectivity index (χ0n) is 9.39. The molecule has 2 N–H and O–H groups in total. The standard InChI is InChI=1S/C13H14N2OS/c16-12-6-2-3-9-10(12)4-1-5-11(9)15-8-7-14-13(15)17/h2-3,6-8,11,16H,1,4-5H2,(H,14,17). The Balaban J connectivity index is 2.15. The van der Waals surface area contributed by atoms with Crippen LogP contribution in [0.1, 0.15) is 30.0 Å². The number of aromatic nitrogens is 2. The fourth-order valence-electron chi connectivity index (χ4n) is 2.67. The Hall–Kier alpha value is -1.55. The Morgan fingerprint density at radius 1 is 1.41 bits per heavy atom. The summed E-state index contributed by atoms with van der Waals surface area (Å²) in [6.07, 6.45) is 6.95. The minimum Gasteiger partial charge on any atom is -0.508 e. The van der Waals surface area contributed by atoms with E-state index in [-0.39, 0.29) is 6.04 Å². The fourth-order valence-corrected chi connectivity index (χ4v) is 2.93. The van der Waals surface area contributed by atoms with Crippen molar-refractivity contribution in [3.63, 3.8) is 0 Å². The van der Waals surface area contributed by atoms with Crippen molar-refractivity contribution in [3.05, 3.63) is 46.5 Å². The number of phenolic OH excluding ortho intramolecular Hbond substituents is 1. The minimum atomic E-state index is 0.254. The molecule has 0 aliphatic heterocycles. The van der Waals surface area contributed by atoms with Crippen LogP contribution in [0.5, 0.6) is 5.75 Å². The van der Waals surface area contributed by atoms with Gasteiger partial charge in [0.15, 0.2) is 4.77 Å². The van der Waals surface area contributed by atoms with Crippen LogP contribution in [-0.2, 0) is 6.42 Å². The van der Waals surface area contributed by atoms with Gasteiger partial charge in [-0.2, -0.15) is 0 Å². The third-order valence-electron chi connectivity index (χ3n) is 3.46. The van der Waals surface area contributed by atoms with Crippen molar-refractivity contribution in [2.75, 3.05) is 0 Å². The molecular formula is C13H14N2OS. The van der Waals surface area contributed by atoms with Gasteiger partial charge in [0.05, 0.1) is 6.04 Å². The molecule has 4 heteroatoms. The number of H-pyrrole nitrogens is 1. The lowest BCUT2D eigenvalue weighted by Gasteiger charge is -2.27. The number of imidazole rings is 1. The minimum absolute atomic E-state index is 0.254. The highest BCUT2D eigenvalue weighted by Gasteiger charge is 2.23. The highest BCUT2D eigenvalue weighted by molar-refractivity contribution is 7.71. The van der Waals surface area contributed by atoms with E-state index in [1.54, 1.807) is 6.07 Å². The molecule has 0 saturated carbocycles. The number of fused-ring (bicyclic) bond motifs is 1. The summed E-state index contributed by atoms with van der Waals surface area (Å²) in [5.74, 6) is 0.411. The molecule has 0 fully saturated rings. The number of nitrogens with zero attached hydrogens (tertiary/aromatic N) is 1. The number of hydrogen-bond donors (Lipinski definition) is 2. The van der Waals surface area contributed by atoms with Crippen molar-refractivity contribution in [3.8, 4) is 5.75 Å². The van der Waals surface area contributed by atoms with Crippen molar-refractivity contribution in [1.82, 2.24) is 9.55 Å². The molecular weight excluding hydrogens is 232 g/mol. The van der Waals surface area contributed by atoms with E-state index >= 15 is 0 Å². The highest BCUT2D eigenvalue weighted by Crippen LogP contribution is 2.36. The third kappa shape index (κ3) is 1.69. The Morgan fingerprint density at radius 2 is 2.29 bits per heavy atom. The van der Waals surface area contributed by atoms with E-state index in [9.17, 15) is 5.11 Å².